The molecule has 0 bridgehead atoms. The number of piperidine rings is 1. The summed E-state index contributed by atoms with van der Waals surface area (Å²) in [6.07, 6.45) is 5.18. The topological polar surface area (TPSA) is 78.7 Å². The van der Waals surface area contributed by atoms with Crippen LogP contribution in [-0.2, 0) is 4.79 Å². The van der Waals surface area contributed by atoms with Gasteiger partial charge in [-0.05, 0) is 72.1 Å². The van der Waals surface area contributed by atoms with E-state index in [4.69, 9.17) is 17.2 Å². The molecule has 2 N–H and O–H groups in total. The molecule has 2 fully saturated rings. The largest absolute Gasteiger partial charge is 0.366 e. The summed E-state index contributed by atoms with van der Waals surface area (Å²) in [5, 5.41) is 7.24. The van der Waals surface area contributed by atoms with Crippen molar-refractivity contribution >= 4 is 51.7 Å². The predicted octanol–water partition coefficient (Wildman–Crippen LogP) is 3.95. The van der Waals surface area contributed by atoms with E-state index in [2.05, 4.69) is 38.3 Å². The summed E-state index contributed by atoms with van der Waals surface area (Å²) in [5.41, 5.74) is 1.57. The van der Waals surface area contributed by atoms with Gasteiger partial charge in [-0.3, -0.25) is 18.9 Å². The van der Waals surface area contributed by atoms with Crippen LogP contribution in [0.1, 0.15) is 58.6 Å². The van der Waals surface area contributed by atoms with Crippen molar-refractivity contribution in [3.05, 3.63) is 44.7 Å². The highest BCUT2D eigenvalue weighted by Gasteiger charge is 2.38. The van der Waals surface area contributed by atoms with Crippen LogP contribution in [0.15, 0.2) is 28.0 Å². The van der Waals surface area contributed by atoms with Gasteiger partial charge in [-0.25, -0.2) is 4.98 Å². The van der Waals surface area contributed by atoms with Gasteiger partial charge in [-0.15, -0.1) is 0 Å². The molecular formula is C24H31N5O2S2. The first-order chi connectivity index (χ1) is 15.4. The normalized spacial score (nSPS) is 21.9. The van der Waals surface area contributed by atoms with Crippen LogP contribution in [0.3, 0.4) is 0 Å². The van der Waals surface area contributed by atoms with Crippen molar-refractivity contribution < 1.29 is 4.79 Å². The van der Waals surface area contributed by atoms with E-state index in [1.165, 1.54) is 11.8 Å². The van der Waals surface area contributed by atoms with Crippen LogP contribution in [0.2, 0.25) is 0 Å². The van der Waals surface area contributed by atoms with Crippen molar-refractivity contribution in [2.24, 2.45) is 0 Å². The van der Waals surface area contributed by atoms with Crippen LogP contribution in [-0.4, -0.2) is 48.2 Å². The molecule has 0 aliphatic carbocycles. The lowest BCUT2D eigenvalue weighted by Crippen LogP contribution is -2.60. The number of carbonyl (C=O) groups is 1. The summed E-state index contributed by atoms with van der Waals surface area (Å²) < 4.78 is 2.05. The van der Waals surface area contributed by atoms with Crippen LogP contribution in [0, 0.1) is 6.92 Å². The number of pyridine rings is 1. The highest BCUT2D eigenvalue weighted by atomic mass is 32.2. The standard InChI is InChI=1S/C24H31N5O2S2/c1-7-28-21(31)17(33-22(28)32)10-16-19(25-15-11-23(3,4)27-24(5,6)12-15)26-18-9-8-14(2)13-29(18)20(16)30/h8-10,13,15,25,27H,7,11-12H2,1-6H3/b17-10-. The highest BCUT2D eigenvalue weighted by Crippen LogP contribution is 2.34. The highest BCUT2D eigenvalue weighted by molar-refractivity contribution is 8.26. The Bertz CT molecular complexity index is 1220. The third kappa shape index (κ3) is 4.85. The second-order valence-corrected chi connectivity index (χ2v) is 11.9. The zero-order valence-electron chi connectivity index (χ0n) is 20.0. The molecule has 4 heterocycles. The number of nitrogens with zero attached hydrogens (tertiary/aromatic N) is 3. The van der Waals surface area contributed by atoms with E-state index in [0.717, 1.165) is 18.4 Å². The Labute approximate surface area is 204 Å². The molecule has 33 heavy (non-hydrogen) atoms. The fourth-order valence-electron chi connectivity index (χ4n) is 5.02. The van der Waals surface area contributed by atoms with Gasteiger partial charge >= 0.3 is 0 Å². The van der Waals surface area contributed by atoms with Crippen LogP contribution in [0.4, 0.5) is 5.82 Å². The molecule has 2 aromatic heterocycles. The predicted molar refractivity (Wildman–Crippen MR) is 140 cm³/mol. The number of thiocarbonyl (C=S) groups is 1. The zero-order valence-corrected chi connectivity index (χ0v) is 21.6. The summed E-state index contributed by atoms with van der Waals surface area (Å²) in [7, 11) is 0. The van der Waals surface area contributed by atoms with E-state index in [-0.39, 0.29) is 28.6 Å². The number of fused-ring (bicyclic) bond motifs is 1. The maximum Gasteiger partial charge on any atom is 0.267 e. The average molecular weight is 486 g/mol. The minimum Gasteiger partial charge on any atom is -0.366 e. The van der Waals surface area contributed by atoms with Crippen molar-refractivity contribution in [1.82, 2.24) is 19.6 Å². The molecule has 7 nitrogen and oxygen atoms in total. The SMILES string of the molecule is CCN1C(=O)/C(=C/c2c(NC3CC(C)(C)NC(C)(C)C3)nc3ccc(C)cn3c2=O)SC1=S. The first-order valence-corrected chi connectivity index (χ1v) is 12.5. The van der Waals surface area contributed by atoms with Gasteiger partial charge in [0.25, 0.3) is 11.5 Å². The smallest absolute Gasteiger partial charge is 0.267 e. The van der Waals surface area contributed by atoms with E-state index in [9.17, 15) is 9.59 Å². The Morgan fingerprint density at radius 1 is 1.24 bits per heavy atom. The Morgan fingerprint density at radius 2 is 1.91 bits per heavy atom. The minimum absolute atomic E-state index is 0.0634. The molecule has 2 aromatic rings. The third-order valence-electron chi connectivity index (χ3n) is 6.00. The van der Waals surface area contributed by atoms with Crippen molar-refractivity contribution in [3.63, 3.8) is 0 Å². The summed E-state index contributed by atoms with van der Waals surface area (Å²) >= 11 is 6.58. The average Bonchev–Trinajstić information content (AvgIpc) is 2.95. The molecule has 0 atom stereocenters. The monoisotopic (exact) mass is 485 g/mol. The number of aromatic nitrogens is 2. The van der Waals surface area contributed by atoms with Crippen LogP contribution in [0.25, 0.3) is 11.7 Å². The van der Waals surface area contributed by atoms with E-state index >= 15 is 0 Å². The summed E-state index contributed by atoms with van der Waals surface area (Å²) in [5.74, 6) is 0.334. The first-order valence-electron chi connectivity index (χ1n) is 11.2. The van der Waals surface area contributed by atoms with E-state index in [1.807, 2.05) is 26.0 Å². The molecule has 0 spiro atoms. The molecule has 176 valence electrons. The lowest BCUT2D eigenvalue weighted by molar-refractivity contribution is -0.121. The molecule has 4 rings (SSSR count). The maximum atomic E-state index is 13.6. The molecule has 2 saturated heterocycles. The summed E-state index contributed by atoms with van der Waals surface area (Å²) in [4.78, 5) is 33.2. The number of anilines is 1. The molecule has 0 aromatic carbocycles. The Kier molecular flexibility index (Phi) is 6.18. The van der Waals surface area contributed by atoms with Gasteiger partial charge in [0, 0.05) is 29.9 Å². The lowest BCUT2D eigenvalue weighted by atomic mass is 9.79. The molecule has 1 amide bonds. The summed E-state index contributed by atoms with van der Waals surface area (Å²) in [6.45, 7) is 13.1. The fraction of sp³-hybridized carbons (Fsp3) is 0.500. The van der Waals surface area contributed by atoms with Crippen LogP contribution in [0.5, 0.6) is 0 Å². The van der Waals surface area contributed by atoms with Crippen molar-refractivity contribution in [3.8, 4) is 0 Å². The van der Waals surface area contributed by atoms with E-state index in [1.54, 1.807) is 21.6 Å². The number of rotatable bonds is 4. The fourth-order valence-corrected chi connectivity index (χ4v) is 6.39. The number of amides is 1. The Hall–Kier alpha value is -2.23. The minimum atomic E-state index is -0.208. The van der Waals surface area contributed by atoms with Crippen molar-refractivity contribution in [2.45, 2.75) is 71.5 Å². The maximum absolute atomic E-state index is 13.6. The Balaban J connectivity index is 1.83. The number of likely N-dealkylation sites (N-methyl/N-ethyl adjacent to an activating group) is 1. The molecule has 0 radical (unpaired) electrons. The van der Waals surface area contributed by atoms with Gasteiger partial charge in [-0.1, -0.05) is 30.0 Å². The molecule has 2 aliphatic rings. The van der Waals surface area contributed by atoms with E-state index in [0.29, 0.717) is 32.8 Å². The van der Waals surface area contributed by atoms with Gasteiger partial charge in [0.05, 0.1) is 10.5 Å². The lowest BCUT2D eigenvalue weighted by Gasteiger charge is -2.46. The molecular weight excluding hydrogens is 454 g/mol. The molecule has 0 saturated carbocycles. The third-order valence-corrected chi connectivity index (χ3v) is 7.38. The number of hydrogen-bond acceptors (Lipinski definition) is 7. The second-order valence-electron chi connectivity index (χ2n) is 10.2. The van der Waals surface area contributed by atoms with Gasteiger partial charge in [0.15, 0.2) is 0 Å². The van der Waals surface area contributed by atoms with Crippen molar-refractivity contribution in [1.29, 1.82) is 0 Å². The number of aryl methyl sites for hydroxylation is 1. The second kappa shape index (κ2) is 8.52. The number of carbonyl (C=O) groups excluding carboxylic acids is 1. The van der Waals surface area contributed by atoms with E-state index < -0.39 is 0 Å². The van der Waals surface area contributed by atoms with Crippen molar-refractivity contribution in [2.75, 3.05) is 11.9 Å². The zero-order chi connectivity index (χ0) is 24.1. The van der Waals surface area contributed by atoms with Crippen LogP contribution < -0.4 is 16.2 Å². The quantitative estimate of drug-likeness (QED) is 0.502. The van der Waals surface area contributed by atoms with Gasteiger partial charge < -0.3 is 10.6 Å². The van der Waals surface area contributed by atoms with Gasteiger partial charge in [0.1, 0.15) is 15.8 Å². The van der Waals surface area contributed by atoms with Gasteiger partial charge in [0.2, 0.25) is 0 Å². The number of hydrogen-bond donors (Lipinski definition) is 2. The number of nitrogens with one attached hydrogen (secondary N) is 2. The summed E-state index contributed by atoms with van der Waals surface area (Å²) in [6, 6.07) is 3.90. The Morgan fingerprint density at radius 3 is 2.52 bits per heavy atom. The first kappa shape index (κ1) is 23.9. The molecule has 2 aliphatic heterocycles. The molecule has 9 heteroatoms. The van der Waals surface area contributed by atoms with Crippen LogP contribution >= 0.6 is 24.0 Å². The number of thioether (sulfide) groups is 1. The van der Waals surface area contributed by atoms with Gasteiger partial charge in [-0.2, -0.15) is 0 Å². The molecule has 0 unspecified atom stereocenters.